The number of rotatable bonds is 5. The van der Waals surface area contributed by atoms with E-state index in [1.807, 2.05) is 0 Å². The van der Waals surface area contributed by atoms with Crippen molar-refractivity contribution in [3.05, 3.63) is 85.0 Å². The van der Waals surface area contributed by atoms with Gasteiger partial charge in [-0.1, -0.05) is 12.1 Å². The van der Waals surface area contributed by atoms with Gasteiger partial charge in [0.2, 0.25) is 0 Å². The van der Waals surface area contributed by atoms with Gasteiger partial charge in [-0.25, -0.2) is 16.8 Å². The number of hydrogen-bond donors (Lipinski definition) is 1. The predicted octanol–water partition coefficient (Wildman–Crippen LogP) is 3.55. The molecule has 0 spiro atoms. The van der Waals surface area contributed by atoms with Crippen molar-refractivity contribution in [3.8, 4) is 22.4 Å². The largest absolute Gasteiger partial charge is 0.472 e. The first-order valence-electron chi connectivity index (χ1n) is 8.84. The third-order valence-electron chi connectivity index (χ3n) is 4.55. The first-order chi connectivity index (χ1) is 14.4. The zero-order valence-electron chi connectivity index (χ0n) is 15.7. The summed E-state index contributed by atoms with van der Waals surface area (Å²) in [6.45, 7) is 0. The zero-order chi connectivity index (χ0) is 21.3. The fraction of sp³-hybridized carbons (Fsp3) is 0.0476. The van der Waals surface area contributed by atoms with Crippen LogP contribution in [0.2, 0.25) is 0 Å². The van der Waals surface area contributed by atoms with E-state index in [0.717, 1.165) is 3.97 Å². The van der Waals surface area contributed by atoms with Crippen molar-refractivity contribution in [1.82, 2.24) is 14.3 Å². The van der Waals surface area contributed by atoms with E-state index in [4.69, 9.17) is 4.42 Å². The van der Waals surface area contributed by atoms with E-state index in [0.29, 0.717) is 11.1 Å². The Labute approximate surface area is 171 Å². The van der Waals surface area contributed by atoms with Gasteiger partial charge in [-0.3, -0.25) is 9.78 Å². The molecule has 4 aromatic rings. The Hall–Kier alpha value is -3.72. The lowest BCUT2D eigenvalue weighted by Gasteiger charge is -2.11. The van der Waals surface area contributed by atoms with Gasteiger partial charge in [-0.2, -0.15) is 0 Å². The molecule has 152 valence electrons. The highest BCUT2D eigenvalue weighted by molar-refractivity contribution is 7.90. The number of benzene rings is 1. The maximum atomic E-state index is 14.5. The van der Waals surface area contributed by atoms with E-state index in [2.05, 4.69) is 10.3 Å². The molecule has 0 aliphatic carbocycles. The summed E-state index contributed by atoms with van der Waals surface area (Å²) in [4.78, 5) is 16.0. The fourth-order valence-electron chi connectivity index (χ4n) is 3.04. The smallest absolute Gasteiger partial charge is 0.269 e. The predicted molar refractivity (Wildman–Crippen MR) is 108 cm³/mol. The highest BCUT2D eigenvalue weighted by atomic mass is 32.2. The average Bonchev–Trinajstić information content (AvgIpc) is 3.44. The minimum Gasteiger partial charge on any atom is -0.472 e. The van der Waals surface area contributed by atoms with Crippen LogP contribution in [0, 0.1) is 5.82 Å². The van der Waals surface area contributed by atoms with Crippen LogP contribution < -0.4 is 5.32 Å². The van der Waals surface area contributed by atoms with E-state index in [-0.39, 0.29) is 21.7 Å². The fourth-order valence-corrected chi connectivity index (χ4v) is 4.40. The lowest BCUT2D eigenvalue weighted by atomic mass is 10.1. The molecule has 0 saturated carbocycles. The van der Waals surface area contributed by atoms with Crippen LogP contribution in [0.4, 0.5) is 4.39 Å². The van der Waals surface area contributed by atoms with Crippen molar-refractivity contribution < 1.29 is 22.0 Å². The number of carbonyl (C=O) groups excluding carboxylic acids is 1. The number of pyridine rings is 1. The van der Waals surface area contributed by atoms with Crippen LogP contribution in [0.15, 0.2) is 82.9 Å². The van der Waals surface area contributed by atoms with Crippen LogP contribution in [0.3, 0.4) is 0 Å². The van der Waals surface area contributed by atoms with Crippen LogP contribution in [0.1, 0.15) is 10.4 Å². The Balaban J connectivity index is 1.91. The van der Waals surface area contributed by atoms with Gasteiger partial charge >= 0.3 is 0 Å². The van der Waals surface area contributed by atoms with E-state index in [1.165, 1.54) is 68.5 Å². The van der Waals surface area contributed by atoms with Crippen molar-refractivity contribution in [2.24, 2.45) is 0 Å². The molecule has 0 bridgehead atoms. The van der Waals surface area contributed by atoms with Crippen LogP contribution in [-0.4, -0.2) is 30.3 Å². The van der Waals surface area contributed by atoms with Gasteiger partial charge in [0.05, 0.1) is 23.8 Å². The van der Waals surface area contributed by atoms with Gasteiger partial charge in [0.1, 0.15) is 10.7 Å². The molecule has 0 aliphatic heterocycles. The molecular weight excluding hydrogens is 409 g/mol. The van der Waals surface area contributed by atoms with Gasteiger partial charge in [-0.15, -0.1) is 0 Å². The summed E-state index contributed by atoms with van der Waals surface area (Å²) in [5.41, 5.74) is 1.36. The summed E-state index contributed by atoms with van der Waals surface area (Å²) < 4.78 is 47.3. The standard InChI is InChI=1S/C21H16FN3O4S/c1-23-21(26)16-9-20(18-4-2-3-5-19(18)22)25(12-16)30(27,28)17-8-15(10-24-11-17)14-6-7-29-13-14/h2-13H,1H3,(H,23,26). The normalized spacial score (nSPS) is 11.4. The third kappa shape index (κ3) is 3.39. The Morgan fingerprint density at radius 2 is 1.93 bits per heavy atom. The number of halogens is 1. The lowest BCUT2D eigenvalue weighted by Crippen LogP contribution is -2.17. The van der Waals surface area contributed by atoms with Gasteiger partial charge in [0.15, 0.2) is 0 Å². The quantitative estimate of drug-likeness (QED) is 0.528. The van der Waals surface area contributed by atoms with Crippen molar-refractivity contribution in [2.45, 2.75) is 4.90 Å². The Bertz CT molecular complexity index is 1330. The highest BCUT2D eigenvalue weighted by Crippen LogP contribution is 2.30. The minimum absolute atomic E-state index is 0.0282. The number of hydrogen-bond acceptors (Lipinski definition) is 5. The second-order valence-electron chi connectivity index (χ2n) is 6.40. The minimum atomic E-state index is -4.19. The average molecular weight is 425 g/mol. The second-order valence-corrected chi connectivity index (χ2v) is 8.21. The molecule has 3 aromatic heterocycles. The summed E-state index contributed by atoms with van der Waals surface area (Å²) >= 11 is 0. The van der Waals surface area contributed by atoms with Crippen LogP contribution in [-0.2, 0) is 10.0 Å². The Morgan fingerprint density at radius 3 is 2.63 bits per heavy atom. The summed E-state index contributed by atoms with van der Waals surface area (Å²) in [6.07, 6.45) is 6.81. The van der Waals surface area contributed by atoms with Crippen molar-refractivity contribution in [2.75, 3.05) is 7.05 Å². The van der Waals surface area contributed by atoms with Crippen LogP contribution in [0.25, 0.3) is 22.4 Å². The monoisotopic (exact) mass is 425 g/mol. The number of amides is 1. The SMILES string of the molecule is CNC(=O)c1cc(-c2ccccc2F)n(S(=O)(=O)c2cncc(-c3ccoc3)c2)c1. The molecule has 1 N–H and O–H groups in total. The lowest BCUT2D eigenvalue weighted by molar-refractivity contribution is 0.0963. The number of nitrogens with zero attached hydrogens (tertiary/aromatic N) is 2. The van der Waals surface area contributed by atoms with Gasteiger partial charge in [-0.05, 0) is 30.3 Å². The molecule has 30 heavy (non-hydrogen) atoms. The molecule has 3 heterocycles. The van der Waals surface area contributed by atoms with Gasteiger partial charge in [0, 0.05) is 42.3 Å². The zero-order valence-corrected chi connectivity index (χ0v) is 16.6. The van der Waals surface area contributed by atoms with E-state index < -0.39 is 21.7 Å². The maximum absolute atomic E-state index is 14.5. The number of nitrogens with one attached hydrogen (secondary N) is 1. The molecule has 0 fully saturated rings. The molecule has 0 radical (unpaired) electrons. The second kappa shape index (κ2) is 7.60. The van der Waals surface area contributed by atoms with E-state index in [1.54, 1.807) is 12.1 Å². The summed E-state index contributed by atoms with van der Waals surface area (Å²) in [5, 5.41) is 2.44. The molecule has 0 atom stereocenters. The summed E-state index contributed by atoms with van der Waals surface area (Å²) in [6, 6.07) is 10.2. The van der Waals surface area contributed by atoms with E-state index in [9.17, 15) is 17.6 Å². The summed E-state index contributed by atoms with van der Waals surface area (Å²) in [7, 11) is -2.77. The van der Waals surface area contributed by atoms with Gasteiger partial charge < -0.3 is 9.73 Å². The summed E-state index contributed by atoms with van der Waals surface area (Å²) in [5.74, 6) is -1.10. The number of aromatic nitrogens is 2. The topological polar surface area (TPSA) is 94.2 Å². The van der Waals surface area contributed by atoms with Gasteiger partial charge in [0.25, 0.3) is 15.9 Å². The third-order valence-corrected chi connectivity index (χ3v) is 6.19. The first-order valence-corrected chi connectivity index (χ1v) is 10.3. The molecule has 0 aliphatic rings. The maximum Gasteiger partial charge on any atom is 0.269 e. The van der Waals surface area contributed by atoms with Crippen LogP contribution >= 0.6 is 0 Å². The Morgan fingerprint density at radius 1 is 1.13 bits per heavy atom. The molecule has 9 heteroatoms. The molecule has 1 aromatic carbocycles. The van der Waals surface area contributed by atoms with Crippen molar-refractivity contribution in [3.63, 3.8) is 0 Å². The molecule has 4 rings (SSSR count). The van der Waals surface area contributed by atoms with Crippen molar-refractivity contribution in [1.29, 1.82) is 0 Å². The van der Waals surface area contributed by atoms with Crippen molar-refractivity contribution >= 4 is 15.9 Å². The van der Waals surface area contributed by atoms with E-state index >= 15 is 0 Å². The number of carbonyl (C=O) groups is 1. The molecular formula is C21H16FN3O4S. The molecule has 0 saturated heterocycles. The molecule has 7 nitrogen and oxygen atoms in total. The molecule has 0 unspecified atom stereocenters. The molecule has 1 amide bonds. The van der Waals surface area contributed by atoms with Crippen LogP contribution in [0.5, 0.6) is 0 Å². The highest BCUT2D eigenvalue weighted by Gasteiger charge is 2.25. The number of furan rings is 1. The Kier molecular flexibility index (Phi) is 4.96. The first kappa shape index (κ1) is 19.6.